The topological polar surface area (TPSA) is 53.9 Å². The van der Waals surface area contributed by atoms with Crippen LogP contribution in [0.25, 0.3) is 0 Å². The van der Waals surface area contributed by atoms with Gasteiger partial charge in [0, 0.05) is 18.8 Å². The van der Waals surface area contributed by atoms with Gasteiger partial charge in [-0.05, 0) is 43.5 Å². The summed E-state index contributed by atoms with van der Waals surface area (Å²) >= 11 is 0. The zero-order chi connectivity index (χ0) is 19.8. The average Bonchev–Trinajstić information content (AvgIpc) is 2.64. The lowest BCUT2D eigenvalue weighted by molar-refractivity contribution is -0.862. The number of carbonyl (C=O) groups is 2. The van der Waals surface area contributed by atoms with E-state index in [-0.39, 0.29) is 18.4 Å². The first-order valence-electron chi connectivity index (χ1n) is 9.39. The Labute approximate surface area is 162 Å². The van der Waals surface area contributed by atoms with Crippen LogP contribution >= 0.6 is 0 Å². The largest absolute Gasteiger partial charge is 0.334 e. The third-order valence-electron chi connectivity index (χ3n) is 4.74. The van der Waals surface area contributed by atoms with E-state index in [9.17, 15) is 9.59 Å². The number of quaternary nitrogens is 1. The predicted molar refractivity (Wildman–Crippen MR) is 109 cm³/mol. The van der Waals surface area contributed by atoms with Crippen LogP contribution in [0.4, 0.5) is 5.69 Å². The minimum atomic E-state index is -0.0832. The smallest absolute Gasteiger partial charge is 0.279 e. The molecule has 1 unspecified atom stereocenters. The molecule has 0 bridgehead atoms. The average molecular weight is 369 g/mol. The molecule has 0 saturated heterocycles. The summed E-state index contributed by atoms with van der Waals surface area (Å²) in [7, 11) is 1.87. The fraction of sp³-hybridized carbons (Fsp3) is 0.364. The van der Waals surface area contributed by atoms with Crippen molar-refractivity contribution in [2.75, 3.05) is 32.0 Å². The molecule has 0 saturated carbocycles. The maximum Gasteiger partial charge on any atom is 0.279 e. The molecular weight excluding hydrogens is 338 g/mol. The number of hydrogen-bond acceptors (Lipinski definition) is 2. The van der Waals surface area contributed by atoms with Gasteiger partial charge < -0.3 is 15.1 Å². The zero-order valence-electron chi connectivity index (χ0n) is 16.7. The first-order chi connectivity index (χ1) is 12.9. The lowest BCUT2D eigenvalue weighted by Crippen LogP contribution is -3.11. The highest BCUT2D eigenvalue weighted by Gasteiger charge is 2.19. The Bertz CT molecular complexity index is 774. The Hall–Kier alpha value is -2.66. The van der Waals surface area contributed by atoms with Crippen LogP contribution < -0.4 is 10.2 Å². The summed E-state index contributed by atoms with van der Waals surface area (Å²) in [6, 6.07) is 15.8. The van der Waals surface area contributed by atoms with Crippen molar-refractivity contribution in [2.45, 2.75) is 27.3 Å². The fourth-order valence-corrected chi connectivity index (χ4v) is 2.97. The molecule has 2 N–H and O–H groups in total. The van der Waals surface area contributed by atoms with Gasteiger partial charge in [-0.15, -0.1) is 0 Å². The second-order valence-corrected chi connectivity index (χ2v) is 7.00. The second-order valence-electron chi connectivity index (χ2n) is 7.00. The molecule has 0 aliphatic heterocycles. The number of anilines is 1. The summed E-state index contributed by atoms with van der Waals surface area (Å²) in [5.74, 6) is -0.0292. The normalized spacial score (nSPS) is 11.7. The predicted octanol–water partition coefficient (Wildman–Crippen LogP) is 1.81. The molecule has 0 heterocycles. The van der Waals surface area contributed by atoms with E-state index in [1.165, 1.54) is 0 Å². The van der Waals surface area contributed by atoms with Crippen LogP contribution in [0.3, 0.4) is 0 Å². The van der Waals surface area contributed by atoms with E-state index in [0.29, 0.717) is 19.6 Å². The molecule has 2 aromatic carbocycles. The molecule has 1 atom stereocenters. The minimum Gasteiger partial charge on any atom is -0.334 e. The van der Waals surface area contributed by atoms with Gasteiger partial charge in [0.25, 0.3) is 11.8 Å². The zero-order valence-corrected chi connectivity index (χ0v) is 16.7. The van der Waals surface area contributed by atoms with Crippen LogP contribution in [-0.4, -0.2) is 43.4 Å². The monoisotopic (exact) mass is 368 g/mol. The lowest BCUT2D eigenvalue weighted by Gasteiger charge is -2.23. The van der Waals surface area contributed by atoms with Gasteiger partial charge in [0.05, 0.1) is 7.05 Å². The summed E-state index contributed by atoms with van der Waals surface area (Å²) < 4.78 is 0. The van der Waals surface area contributed by atoms with Gasteiger partial charge in [-0.2, -0.15) is 0 Å². The molecule has 144 valence electrons. The highest BCUT2D eigenvalue weighted by Crippen LogP contribution is 2.17. The van der Waals surface area contributed by atoms with Crippen molar-refractivity contribution in [2.24, 2.45) is 0 Å². The van der Waals surface area contributed by atoms with Gasteiger partial charge in [-0.3, -0.25) is 9.59 Å². The molecule has 5 heteroatoms. The molecule has 0 aliphatic rings. The Balaban J connectivity index is 1.87. The molecule has 0 radical (unpaired) electrons. The Kier molecular flexibility index (Phi) is 7.55. The number of carbonyl (C=O) groups excluding carboxylic acids is 2. The number of amides is 2. The maximum absolute atomic E-state index is 12.6. The molecule has 2 rings (SSSR count). The lowest BCUT2D eigenvalue weighted by atomic mass is 10.1. The Morgan fingerprint density at radius 1 is 1.00 bits per heavy atom. The number of likely N-dealkylation sites (N-methyl/N-ethyl adjacent to an activating group) is 2. The third-order valence-corrected chi connectivity index (χ3v) is 4.74. The number of hydrogen-bond donors (Lipinski definition) is 2. The molecule has 0 fully saturated rings. The Morgan fingerprint density at radius 2 is 1.70 bits per heavy atom. The van der Waals surface area contributed by atoms with Gasteiger partial charge in [0.2, 0.25) is 0 Å². The fourth-order valence-electron chi connectivity index (χ4n) is 2.97. The van der Waals surface area contributed by atoms with Crippen molar-refractivity contribution in [1.82, 2.24) is 4.90 Å². The van der Waals surface area contributed by atoms with E-state index < -0.39 is 0 Å². The van der Waals surface area contributed by atoms with Gasteiger partial charge >= 0.3 is 0 Å². The van der Waals surface area contributed by atoms with Crippen molar-refractivity contribution in [1.29, 1.82) is 0 Å². The third kappa shape index (κ3) is 6.22. The summed E-state index contributed by atoms with van der Waals surface area (Å²) in [5.41, 5.74) is 4.15. The van der Waals surface area contributed by atoms with Gasteiger partial charge in [-0.1, -0.05) is 42.5 Å². The van der Waals surface area contributed by atoms with Crippen molar-refractivity contribution in [3.63, 3.8) is 0 Å². The molecular formula is C22H30N3O2+. The molecule has 0 aliphatic carbocycles. The van der Waals surface area contributed by atoms with Gasteiger partial charge in [0.1, 0.15) is 0 Å². The number of aryl methyl sites for hydroxylation is 1. The van der Waals surface area contributed by atoms with E-state index >= 15 is 0 Å². The molecule has 5 nitrogen and oxygen atoms in total. The van der Waals surface area contributed by atoms with Crippen molar-refractivity contribution < 1.29 is 14.5 Å². The molecule has 2 aromatic rings. The van der Waals surface area contributed by atoms with Crippen molar-refractivity contribution in [3.8, 4) is 0 Å². The first kappa shape index (κ1) is 20.6. The highest BCUT2D eigenvalue weighted by atomic mass is 16.2. The minimum absolute atomic E-state index is 0.0541. The number of nitrogens with one attached hydrogen (secondary N) is 2. The SMILES string of the molecule is CCN(Cc1ccccc1)C(=O)C[NH+](C)CC(=O)Nc1cccc(C)c1C. The van der Waals surface area contributed by atoms with Crippen LogP contribution in [0.5, 0.6) is 0 Å². The van der Waals surface area contributed by atoms with E-state index in [0.717, 1.165) is 27.3 Å². The molecule has 2 amide bonds. The summed E-state index contributed by atoms with van der Waals surface area (Å²) in [6.07, 6.45) is 0. The van der Waals surface area contributed by atoms with Gasteiger partial charge in [-0.25, -0.2) is 0 Å². The van der Waals surface area contributed by atoms with Crippen LogP contribution in [0.1, 0.15) is 23.6 Å². The van der Waals surface area contributed by atoms with E-state index in [1.54, 1.807) is 0 Å². The first-order valence-corrected chi connectivity index (χ1v) is 9.39. The molecule has 27 heavy (non-hydrogen) atoms. The van der Waals surface area contributed by atoms with Crippen LogP contribution in [-0.2, 0) is 16.1 Å². The standard InChI is InChI=1S/C22H29N3O2/c1-5-25(14-19-11-7-6-8-12-19)22(27)16-24(4)15-21(26)23-20-13-9-10-17(2)18(20)3/h6-13H,5,14-16H2,1-4H3,(H,23,26)/p+1. The summed E-state index contributed by atoms with van der Waals surface area (Å²) in [5, 5.41) is 2.95. The number of nitrogens with zero attached hydrogens (tertiary/aromatic N) is 1. The maximum atomic E-state index is 12.6. The second kappa shape index (κ2) is 9.88. The van der Waals surface area contributed by atoms with Crippen molar-refractivity contribution >= 4 is 17.5 Å². The highest BCUT2D eigenvalue weighted by molar-refractivity contribution is 5.92. The van der Waals surface area contributed by atoms with Crippen molar-refractivity contribution in [3.05, 3.63) is 65.2 Å². The van der Waals surface area contributed by atoms with E-state index in [4.69, 9.17) is 0 Å². The number of rotatable bonds is 8. The summed E-state index contributed by atoms with van der Waals surface area (Å²) in [6.45, 7) is 7.78. The van der Waals surface area contributed by atoms with Crippen LogP contribution in [0.15, 0.2) is 48.5 Å². The van der Waals surface area contributed by atoms with Gasteiger partial charge in [0.15, 0.2) is 13.1 Å². The Morgan fingerprint density at radius 3 is 2.37 bits per heavy atom. The molecule has 0 spiro atoms. The quantitative estimate of drug-likeness (QED) is 0.747. The molecule has 0 aromatic heterocycles. The van der Waals surface area contributed by atoms with E-state index in [1.807, 2.05) is 81.2 Å². The van der Waals surface area contributed by atoms with E-state index in [2.05, 4.69) is 5.32 Å². The van der Waals surface area contributed by atoms with Crippen LogP contribution in [0.2, 0.25) is 0 Å². The summed E-state index contributed by atoms with van der Waals surface area (Å²) in [4.78, 5) is 27.6. The van der Waals surface area contributed by atoms with Crippen LogP contribution in [0, 0.1) is 13.8 Å². The number of benzene rings is 2.